The van der Waals surface area contributed by atoms with Crippen molar-refractivity contribution in [3.8, 4) is 0 Å². The molecule has 0 bridgehead atoms. The van der Waals surface area contributed by atoms with Crippen LogP contribution in [-0.4, -0.2) is 23.2 Å². The van der Waals surface area contributed by atoms with Crippen LogP contribution in [0.1, 0.15) is 12.8 Å². The molecule has 0 saturated heterocycles. The van der Waals surface area contributed by atoms with Crippen molar-refractivity contribution in [2.45, 2.75) is 12.8 Å². The Morgan fingerprint density at radius 2 is 2.19 bits per heavy atom. The van der Waals surface area contributed by atoms with Crippen LogP contribution in [0.3, 0.4) is 0 Å². The summed E-state index contributed by atoms with van der Waals surface area (Å²) in [5.74, 6) is 0. The van der Waals surface area contributed by atoms with E-state index in [2.05, 4.69) is 21.2 Å². The predicted octanol–water partition coefficient (Wildman–Crippen LogP) is 2.54. The van der Waals surface area contributed by atoms with Crippen LogP contribution in [0.4, 0.5) is 11.4 Å². The van der Waals surface area contributed by atoms with Gasteiger partial charge in [0, 0.05) is 23.7 Å². The molecule has 1 aromatic carbocycles. The lowest BCUT2D eigenvalue weighted by Crippen LogP contribution is -2.04. The van der Waals surface area contributed by atoms with Gasteiger partial charge in [-0.3, -0.25) is 10.1 Å². The maximum Gasteiger partial charge on any atom is 0.293 e. The molecular formula is C10H13BrN2O3. The maximum atomic E-state index is 10.8. The first-order chi connectivity index (χ1) is 7.65. The number of unbranched alkanes of at least 4 members (excludes halogenated alkanes) is 1. The summed E-state index contributed by atoms with van der Waals surface area (Å²) in [7, 11) is 0. The van der Waals surface area contributed by atoms with Crippen LogP contribution < -0.4 is 5.32 Å². The summed E-state index contributed by atoms with van der Waals surface area (Å²) in [6, 6.07) is 4.89. The SMILES string of the molecule is O=[N+]([O-])c1cc(Br)ccc1NCCCCO. The summed E-state index contributed by atoms with van der Waals surface area (Å²) < 4.78 is 0.681. The third kappa shape index (κ3) is 3.79. The second-order valence-electron chi connectivity index (χ2n) is 3.28. The van der Waals surface area contributed by atoms with E-state index in [-0.39, 0.29) is 12.3 Å². The molecule has 0 aliphatic heterocycles. The van der Waals surface area contributed by atoms with E-state index >= 15 is 0 Å². The Kier molecular flexibility index (Phi) is 5.21. The van der Waals surface area contributed by atoms with Gasteiger partial charge in [-0.15, -0.1) is 0 Å². The minimum Gasteiger partial charge on any atom is -0.396 e. The summed E-state index contributed by atoms with van der Waals surface area (Å²) >= 11 is 3.19. The molecule has 2 N–H and O–H groups in total. The Balaban J connectivity index is 2.67. The Labute approximate surface area is 102 Å². The number of nitro benzene ring substituents is 1. The zero-order valence-electron chi connectivity index (χ0n) is 8.65. The molecule has 88 valence electrons. The largest absolute Gasteiger partial charge is 0.396 e. The van der Waals surface area contributed by atoms with E-state index in [4.69, 9.17) is 5.11 Å². The van der Waals surface area contributed by atoms with Crippen molar-refractivity contribution >= 4 is 27.3 Å². The minimum atomic E-state index is -0.418. The van der Waals surface area contributed by atoms with Crippen LogP contribution >= 0.6 is 15.9 Å². The fraction of sp³-hybridized carbons (Fsp3) is 0.400. The molecule has 0 radical (unpaired) electrons. The van der Waals surface area contributed by atoms with Crippen molar-refractivity contribution < 1.29 is 10.0 Å². The number of halogens is 1. The average molecular weight is 289 g/mol. The number of nitro groups is 1. The second kappa shape index (κ2) is 6.44. The van der Waals surface area contributed by atoms with Crippen molar-refractivity contribution in [1.29, 1.82) is 0 Å². The van der Waals surface area contributed by atoms with Crippen LogP contribution in [0.5, 0.6) is 0 Å². The van der Waals surface area contributed by atoms with E-state index in [0.717, 1.165) is 6.42 Å². The Morgan fingerprint density at radius 1 is 1.44 bits per heavy atom. The summed E-state index contributed by atoms with van der Waals surface area (Å²) in [6.07, 6.45) is 1.47. The first kappa shape index (κ1) is 12.9. The van der Waals surface area contributed by atoms with Crippen LogP contribution in [0.2, 0.25) is 0 Å². The summed E-state index contributed by atoms with van der Waals surface area (Å²) in [4.78, 5) is 10.4. The molecule has 1 aromatic rings. The van der Waals surface area contributed by atoms with Gasteiger partial charge < -0.3 is 10.4 Å². The topological polar surface area (TPSA) is 75.4 Å². The average Bonchev–Trinajstić information content (AvgIpc) is 2.26. The molecule has 1 rings (SSSR count). The van der Waals surface area contributed by atoms with Gasteiger partial charge >= 0.3 is 0 Å². The normalized spacial score (nSPS) is 10.1. The highest BCUT2D eigenvalue weighted by atomic mass is 79.9. The summed E-state index contributed by atoms with van der Waals surface area (Å²) in [6.45, 7) is 0.757. The quantitative estimate of drug-likeness (QED) is 0.479. The molecule has 0 fully saturated rings. The highest BCUT2D eigenvalue weighted by molar-refractivity contribution is 9.10. The molecule has 6 heteroatoms. The van der Waals surface area contributed by atoms with Gasteiger partial charge in [-0.2, -0.15) is 0 Å². The van der Waals surface area contributed by atoms with Crippen molar-refractivity contribution in [3.63, 3.8) is 0 Å². The Hall–Kier alpha value is -1.14. The van der Waals surface area contributed by atoms with Crippen LogP contribution in [0.25, 0.3) is 0 Å². The van der Waals surface area contributed by atoms with Crippen LogP contribution in [0, 0.1) is 10.1 Å². The molecule has 0 spiro atoms. The van der Waals surface area contributed by atoms with Gasteiger partial charge in [-0.1, -0.05) is 15.9 Å². The van der Waals surface area contributed by atoms with E-state index < -0.39 is 4.92 Å². The number of aliphatic hydroxyl groups is 1. The molecule has 0 atom stereocenters. The predicted molar refractivity (Wildman–Crippen MR) is 65.6 cm³/mol. The number of rotatable bonds is 6. The van der Waals surface area contributed by atoms with Crippen molar-refractivity contribution in [1.82, 2.24) is 0 Å². The highest BCUT2D eigenvalue weighted by Crippen LogP contribution is 2.27. The zero-order valence-corrected chi connectivity index (χ0v) is 10.2. The van der Waals surface area contributed by atoms with E-state index in [1.165, 1.54) is 6.07 Å². The van der Waals surface area contributed by atoms with E-state index in [0.29, 0.717) is 23.1 Å². The molecule has 0 aliphatic carbocycles. The first-order valence-corrected chi connectivity index (χ1v) is 5.73. The number of nitrogens with one attached hydrogen (secondary N) is 1. The highest BCUT2D eigenvalue weighted by Gasteiger charge is 2.13. The minimum absolute atomic E-state index is 0.0540. The lowest BCUT2D eigenvalue weighted by molar-refractivity contribution is -0.384. The van der Waals surface area contributed by atoms with Gasteiger partial charge in [0.05, 0.1) is 4.92 Å². The number of aliphatic hydroxyl groups excluding tert-OH is 1. The van der Waals surface area contributed by atoms with Gasteiger partial charge in [0.25, 0.3) is 5.69 Å². The third-order valence-electron chi connectivity index (χ3n) is 2.06. The van der Waals surface area contributed by atoms with Crippen LogP contribution in [-0.2, 0) is 0 Å². The Morgan fingerprint density at radius 3 is 2.81 bits per heavy atom. The van der Waals surface area contributed by atoms with Crippen molar-refractivity contribution in [3.05, 3.63) is 32.8 Å². The lowest BCUT2D eigenvalue weighted by atomic mass is 10.2. The third-order valence-corrected chi connectivity index (χ3v) is 2.55. The number of benzene rings is 1. The molecule has 0 aromatic heterocycles. The van der Waals surface area contributed by atoms with E-state index in [1.54, 1.807) is 12.1 Å². The molecule has 16 heavy (non-hydrogen) atoms. The monoisotopic (exact) mass is 288 g/mol. The smallest absolute Gasteiger partial charge is 0.293 e. The van der Waals surface area contributed by atoms with Gasteiger partial charge in [-0.25, -0.2) is 0 Å². The molecule has 0 heterocycles. The fourth-order valence-corrected chi connectivity index (χ4v) is 1.61. The molecular weight excluding hydrogens is 276 g/mol. The standard InChI is InChI=1S/C10H13BrN2O3/c11-8-3-4-9(10(7-8)13(15)16)12-5-1-2-6-14/h3-4,7,12,14H,1-2,5-6H2. The van der Waals surface area contributed by atoms with Gasteiger partial charge in [0.15, 0.2) is 0 Å². The zero-order chi connectivity index (χ0) is 12.0. The number of hydrogen-bond donors (Lipinski definition) is 2. The second-order valence-corrected chi connectivity index (χ2v) is 4.19. The number of anilines is 1. The van der Waals surface area contributed by atoms with Crippen molar-refractivity contribution in [2.24, 2.45) is 0 Å². The fourth-order valence-electron chi connectivity index (χ4n) is 1.27. The summed E-state index contributed by atoms with van der Waals surface area (Å²) in [5.41, 5.74) is 0.560. The van der Waals surface area contributed by atoms with E-state index in [9.17, 15) is 10.1 Å². The molecule has 0 unspecified atom stereocenters. The van der Waals surface area contributed by atoms with Crippen LogP contribution in [0.15, 0.2) is 22.7 Å². The van der Waals surface area contributed by atoms with E-state index in [1.807, 2.05) is 0 Å². The first-order valence-electron chi connectivity index (χ1n) is 4.94. The lowest BCUT2D eigenvalue weighted by Gasteiger charge is -2.06. The molecule has 5 nitrogen and oxygen atoms in total. The van der Waals surface area contributed by atoms with Gasteiger partial charge in [-0.05, 0) is 25.0 Å². The number of nitrogens with zero attached hydrogens (tertiary/aromatic N) is 1. The molecule has 0 amide bonds. The molecule has 0 aliphatic rings. The number of hydrogen-bond acceptors (Lipinski definition) is 4. The Bertz CT molecular complexity index is 371. The van der Waals surface area contributed by atoms with Crippen molar-refractivity contribution in [2.75, 3.05) is 18.5 Å². The summed E-state index contributed by atoms with van der Waals surface area (Å²) in [5, 5.41) is 22.4. The van der Waals surface area contributed by atoms with Gasteiger partial charge in [0.1, 0.15) is 5.69 Å². The van der Waals surface area contributed by atoms with Gasteiger partial charge in [0.2, 0.25) is 0 Å². The molecule has 0 saturated carbocycles. The maximum absolute atomic E-state index is 10.8.